The van der Waals surface area contributed by atoms with Crippen LogP contribution in [0.25, 0.3) is 0 Å². The van der Waals surface area contributed by atoms with Crippen LogP contribution in [0.5, 0.6) is 0 Å². The molecule has 0 radical (unpaired) electrons. The van der Waals surface area contributed by atoms with Crippen molar-refractivity contribution in [3.8, 4) is 0 Å². The van der Waals surface area contributed by atoms with Gasteiger partial charge in [-0.15, -0.1) is 5.11 Å². The van der Waals surface area contributed by atoms with E-state index in [9.17, 15) is 8.42 Å². The van der Waals surface area contributed by atoms with Crippen molar-refractivity contribution < 1.29 is 13.0 Å². The summed E-state index contributed by atoms with van der Waals surface area (Å²) in [6.07, 6.45) is 0. The van der Waals surface area contributed by atoms with Crippen molar-refractivity contribution in [2.45, 2.75) is 4.90 Å². The molecular weight excluding hydrogens is 218 g/mol. The summed E-state index contributed by atoms with van der Waals surface area (Å²) >= 11 is 0. The van der Waals surface area contributed by atoms with Crippen LogP contribution in [0.3, 0.4) is 0 Å². The second-order valence-electron chi connectivity index (χ2n) is 3.01. The Morgan fingerprint density at radius 2 is 2.00 bits per heavy atom. The van der Waals surface area contributed by atoms with E-state index in [1.165, 1.54) is 23.2 Å². The van der Waals surface area contributed by atoms with Crippen LogP contribution < -0.4 is 0 Å². The van der Waals surface area contributed by atoms with Gasteiger partial charge in [0.1, 0.15) is 0 Å². The molecule has 0 saturated carbocycles. The molecule has 0 saturated heterocycles. The Morgan fingerprint density at radius 3 is 2.53 bits per heavy atom. The van der Waals surface area contributed by atoms with E-state index in [1.54, 1.807) is 20.2 Å². The molecule has 0 aliphatic heterocycles. The van der Waals surface area contributed by atoms with Crippen molar-refractivity contribution in [3.05, 3.63) is 24.3 Å². The van der Waals surface area contributed by atoms with Gasteiger partial charge >= 0.3 is 0 Å². The second-order valence-corrected chi connectivity index (χ2v) is 4.43. The van der Waals surface area contributed by atoms with Gasteiger partial charge in [0.2, 0.25) is 0 Å². The third-order valence-corrected chi connectivity index (χ3v) is 2.30. The Kier molecular flexibility index (Phi) is 3.38. The molecule has 0 heterocycles. The molecule has 0 spiro atoms. The van der Waals surface area contributed by atoms with Gasteiger partial charge in [0, 0.05) is 14.1 Å². The lowest BCUT2D eigenvalue weighted by atomic mass is 10.3. The molecule has 82 valence electrons. The third kappa shape index (κ3) is 3.64. The first-order chi connectivity index (χ1) is 6.89. The highest BCUT2D eigenvalue weighted by Gasteiger charge is 2.08. The number of rotatable bonds is 3. The van der Waals surface area contributed by atoms with E-state index >= 15 is 0 Å². The maximum Gasteiger partial charge on any atom is 0.294 e. The molecule has 0 aromatic heterocycles. The molecule has 6 nitrogen and oxygen atoms in total. The fourth-order valence-corrected chi connectivity index (χ4v) is 1.37. The zero-order valence-corrected chi connectivity index (χ0v) is 9.14. The molecule has 0 atom stereocenters. The monoisotopic (exact) mass is 229 g/mol. The number of benzene rings is 1. The summed E-state index contributed by atoms with van der Waals surface area (Å²) in [4.78, 5) is -0.197. The van der Waals surface area contributed by atoms with Crippen LogP contribution in [0.4, 0.5) is 5.69 Å². The number of hydrogen-bond donors (Lipinski definition) is 1. The molecule has 0 unspecified atom stereocenters. The van der Waals surface area contributed by atoms with E-state index in [4.69, 9.17) is 4.55 Å². The minimum Gasteiger partial charge on any atom is -0.285 e. The Balaban J connectivity index is 3.04. The summed E-state index contributed by atoms with van der Waals surface area (Å²) in [5.74, 6) is 0. The molecule has 1 aromatic carbocycles. The zero-order chi connectivity index (χ0) is 11.5. The zero-order valence-electron chi connectivity index (χ0n) is 8.32. The molecule has 1 rings (SSSR count). The van der Waals surface area contributed by atoms with Gasteiger partial charge in [-0.2, -0.15) is 8.42 Å². The standard InChI is InChI=1S/C8H11N3O3S/c1-11(2)10-9-7-4-3-5-8(6-7)15(12,13)14/h3-6H,1-2H3,(H,12,13,14). The van der Waals surface area contributed by atoms with Gasteiger partial charge in [0.15, 0.2) is 0 Å². The van der Waals surface area contributed by atoms with Crippen molar-refractivity contribution in [1.29, 1.82) is 0 Å². The molecule has 1 aromatic rings. The van der Waals surface area contributed by atoms with Crippen molar-refractivity contribution in [1.82, 2.24) is 5.01 Å². The first-order valence-electron chi connectivity index (χ1n) is 4.06. The predicted octanol–water partition coefficient (Wildman–Crippen LogP) is 1.49. The average molecular weight is 229 g/mol. The van der Waals surface area contributed by atoms with Crippen molar-refractivity contribution >= 4 is 15.8 Å². The Hall–Kier alpha value is -1.47. The van der Waals surface area contributed by atoms with E-state index < -0.39 is 10.1 Å². The van der Waals surface area contributed by atoms with Gasteiger partial charge in [-0.25, -0.2) is 0 Å². The summed E-state index contributed by atoms with van der Waals surface area (Å²) in [6.45, 7) is 0. The van der Waals surface area contributed by atoms with Gasteiger partial charge in [0.25, 0.3) is 10.1 Å². The first kappa shape index (κ1) is 11.6. The highest BCUT2D eigenvalue weighted by Crippen LogP contribution is 2.17. The summed E-state index contributed by atoms with van der Waals surface area (Å²) in [6, 6.07) is 5.58. The molecule has 0 fully saturated rings. The van der Waals surface area contributed by atoms with E-state index in [1.807, 2.05) is 0 Å². The minimum absolute atomic E-state index is 0.197. The SMILES string of the molecule is CN(C)N=Nc1cccc(S(=O)(=O)O)c1. The molecule has 0 amide bonds. The van der Waals surface area contributed by atoms with Crippen LogP contribution in [0, 0.1) is 0 Å². The molecule has 7 heteroatoms. The van der Waals surface area contributed by atoms with E-state index in [0.29, 0.717) is 5.69 Å². The van der Waals surface area contributed by atoms with Crippen molar-refractivity contribution in [3.63, 3.8) is 0 Å². The minimum atomic E-state index is -4.18. The van der Waals surface area contributed by atoms with Crippen LogP contribution in [0.2, 0.25) is 0 Å². The topological polar surface area (TPSA) is 82.3 Å². The van der Waals surface area contributed by atoms with Gasteiger partial charge in [0.05, 0.1) is 10.6 Å². The van der Waals surface area contributed by atoms with Gasteiger partial charge in [-0.3, -0.25) is 9.56 Å². The van der Waals surface area contributed by atoms with Gasteiger partial charge in [-0.05, 0) is 18.2 Å². The molecule has 0 aliphatic carbocycles. The number of hydrogen-bond acceptors (Lipinski definition) is 4. The predicted molar refractivity (Wildman–Crippen MR) is 54.5 cm³/mol. The van der Waals surface area contributed by atoms with Crippen LogP contribution >= 0.6 is 0 Å². The maximum atomic E-state index is 10.8. The molecule has 0 aliphatic rings. The highest BCUT2D eigenvalue weighted by atomic mass is 32.2. The first-order valence-corrected chi connectivity index (χ1v) is 5.50. The van der Waals surface area contributed by atoms with E-state index in [0.717, 1.165) is 0 Å². The molecular formula is C8H11N3O3S. The Labute approximate surface area is 88.0 Å². The summed E-state index contributed by atoms with van der Waals surface area (Å²) < 4.78 is 30.4. The normalized spacial score (nSPS) is 11.9. The van der Waals surface area contributed by atoms with Crippen LogP contribution in [0.1, 0.15) is 0 Å². The second kappa shape index (κ2) is 4.37. The van der Waals surface area contributed by atoms with E-state index in [2.05, 4.69) is 10.3 Å². The Bertz CT molecular complexity index is 468. The molecule has 1 N–H and O–H groups in total. The average Bonchev–Trinajstić information content (AvgIpc) is 2.14. The quantitative estimate of drug-likeness (QED) is 0.483. The van der Waals surface area contributed by atoms with Gasteiger partial charge < -0.3 is 0 Å². The lowest BCUT2D eigenvalue weighted by Crippen LogP contribution is -1.99. The Morgan fingerprint density at radius 1 is 1.33 bits per heavy atom. The van der Waals surface area contributed by atoms with Crippen LogP contribution in [0.15, 0.2) is 39.5 Å². The van der Waals surface area contributed by atoms with Crippen LogP contribution in [-0.4, -0.2) is 32.1 Å². The van der Waals surface area contributed by atoms with Crippen LogP contribution in [-0.2, 0) is 10.1 Å². The lowest BCUT2D eigenvalue weighted by Gasteiger charge is -2.01. The highest BCUT2D eigenvalue weighted by molar-refractivity contribution is 7.85. The summed E-state index contributed by atoms with van der Waals surface area (Å²) in [5.41, 5.74) is 0.360. The fourth-order valence-electron chi connectivity index (χ4n) is 0.847. The van der Waals surface area contributed by atoms with Crippen molar-refractivity contribution in [2.24, 2.45) is 10.3 Å². The van der Waals surface area contributed by atoms with Gasteiger partial charge in [-0.1, -0.05) is 11.3 Å². The largest absolute Gasteiger partial charge is 0.294 e. The smallest absolute Gasteiger partial charge is 0.285 e. The number of nitrogens with zero attached hydrogens (tertiary/aromatic N) is 3. The summed E-state index contributed by atoms with van der Waals surface area (Å²) in [5, 5.41) is 8.93. The fraction of sp³-hybridized carbons (Fsp3) is 0.250. The summed E-state index contributed by atoms with van der Waals surface area (Å²) in [7, 11) is -0.798. The molecule has 15 heavy (non-hydrogen) atoms. The maximum absolute atomic E-state index is 10.8. The van der Waals surface area contributed by atoms with Crippen molar-refractivity contribution in [2.75, 3.05) is 14.1 Å². The lowest BCUT2D eigenvalue weighted by molar-refractivity contribution is 0.408. The van der Waals surface area contributed by atoms with E-state index in [-0.39, 0.29) is 4.90 Å². The third-order valence-electron chi connectivity index (χ3n) is 1.45. The molecule has 0 bridgehead atoms.